The van der Waals surface area contributed by atoms with Gasteiger partial charge in [0.15, 0.2) is 0 Å². The number of nitrogens with zero attached hydrogens (tertiary/aromatic N) is 3. The molecule has 1 aromatic heterocycles. The van der Waals surface area contributed by atoms with Crippen LogP contribution >= 0.6 is 0 Å². The van der Waals surface area contributed by atoms with Gasteiger partial charge in [-0.1, -0.05) is 12.5 Å². The molecule has 2 atom stereocenters. The van der Waals surface area contributed by atoms with Crippen molar-refractivity contribution in [2.24, 2.45) is 0 Å². The van der Waals surface area contributed by atoms with Crippen LogP contribution in [0, 0.1) is 0 Å². The van der Waals surface area contributed by atoms with Crippen molar-refractivity contribution in [2.45, 2.75) is 44.8 Å². The van der Waals surface area contributed by atoms with Gasteiger partial charge in [0.25, 0.3) is 0 Å². The van der Waals surface area contributed by atoms with Crippen LogP contribution in [-0.2, 0) is 6.54 Å². The number of anilines is 1. The molecule has 1 aromatic rings. The predicted octanol–water partition coefficient (Wildman–Crippen LogP) is 1.86. The number of pyridine rings is 1. The topological polar surface area (TPSA) is 31.4 Å². The van der Waals surface area contributed by atoms with Crippen LogP contribution in [0.3, 0.4) is 0 Å². The lowest BCUT2D eigenvalue weighted by Gasteiger charge is -2.42. The molecule has 3 heterocycles. The first kappa shape index (κ1) is 13.8. The molecule has 110 valence electrons. The second kappa shape index (κ2) is 6.10. The maximum atomic E-state index is 4.57. The van der Waals surface area contributed by atoms with Gasteiger partial charge in [0, 0.05) is 51.5 Å². The lowest BCUT2D eigenvalue weighted by molar-refractivity contribution is 0.119. The molecular formula is C16H26N4. The Kier molecular flexibility index (Phi) is 4.22. The van der Waals surface area contributed by atoms with Crippen LogP contribution in [0.2, 0.25) is 0 Å². The van der Waals surface area contributed by atoms with Crippen molar-refractivity contribution in [3.8, 4) is 0 Å². The summed E-state index contributed by atoms with van der Waals surface area (Å²) >= 11 is 0. The van der Waals surface area contributed by atoms with Crippen LogP contribution in [0.25, 0.3) is 0 Å². The Morgan fingerprint density at radius 2 is 2.05 bits per heavy atom. The average Bonchev–Trinajstić information content (AvgIpc) is 2.47. The van der Waals surface area contributed by atoms with Crippen molar-refractivity contribution in [1.82, 2.24) is 15.2 Å². The zero-order valence-corrected chi connectivity index (χ0v) is 12.7. The Bertz CT molecular complexity index is 419. The SMILES string of the molecule is CCN(C)c1ccc(CN2CC3CCCC(C2)N3)cn1. The minimum absolute atomic E-state index is 0.709. The molecule has 20 heavy (non-hydrogen) atoms. The normalized spacial score (nSPS) is 26.5. The lowest BCUT2D eigenvalue weighted by atomic mass is 9.94. The van der Waals surface area contributed by atoms with Crippen molar-refractivity contribution in [3.05, 3.63) is 23.9 Å². The zero-order valence-electron chi connectivity index (χ0n) is 12.7. The Morgan fingerprint density at radius 3 is 2.65 bits per heavy atom. The summed E-state index contributed by atoms with van der Waals surface area (Å²) in [5.74, 6) is 1.06. The summed E-state index contributed by atoms with van der Waals surface area (Å²) in [5.41, 5.74) is 1.33. The Morgan fingerprint density at radius 1 is 1.30 bits per heavy atom. The smallest absolute Gasteiger partial charge is 0.128 e. The van der Waals surface area contributed by atoms with Crippen molar-refractivity contribution < 1.29 is 0 Å². The summed E-state index contributed by atoms with van der Waals surface area (Å²) in [6, 6.07) is 5.79. The van der Waals surface area contributed by atoms with E-state index in [0.717, 1.165) is 18.9 Å². The van der Waals surface area contributed by atoms with Gasteiger partial charge >= 0.3 is 0 Å². The predicted molar refractivity (Wildman–Crippen MR) is 83.0 cm³/mol. The first-order valence-electron chi connectivity index (χ1n) is 7.89. The summed E-state index contributed by atoms with van der Waals surface area (Å²) in [5, 5.41) is 3.74. The molecule has 0 aromatic carbocycles. The number of aromatic nitrogens is 1. The van der Waals surface area contributed by atoms with E-state index in [1.165, 1.54) is 37.9 Å². The summed E-state index contributed by atoms with van der Waals surface area (Å²) in [4.78, 5) is 9.32. The van der Waals surface area contributed by atoms with Crippen molar-refractivity contribution >= 4 is 5.82 Å². The van der Waals surface area contributed by atoms with Gasteiger partial charge in [-0.25, -0.2) is 4.98 Å². The molecule has 0 aliphatic carbocycles. The number of likely N-dealkylation sites (tertiary alicyclic amines) is 1. The molecule has 1 N–H and O–H groups in total. The third kappa shape index (κ3) is 3.13. The molecule has 2 saturated heterocycles. The van der Waals surface area contributed by atoms with E-state index in [4.69, 9.17) is 0 Å². The van der Waals surface area contributed by atoms with Crippen LogP contribution in [0.4, 0.5) is 5.82 Å². The highest BCUT2D eigenvalue weighted by Crippen LogP contribution is 2.21. The summed E-state index contributed by atoms with van der Waals surface area (Å²) in [7, 11) is 2.08. The Labute approximate surface area is 122 Å². The fourth-order valence-corrected chi connectivity index (χ4v) is 3.38. The molecule has 3 rings (SSSR count). The molecule has 2 aliphatic heterocycles. The quantitative estimate of drug-likeness (QED) is 0.908. The Balaban J connectivity index is 1.60. The van der Waals surface area contributed by atoms with E-state index in [2.05, 4.69) is 46.2 Å². The van der Waals surface area contributed by atoms with Crippen LogP contribution < -0.4 is 10.2 Å². The second-order valence-corrected chi connectivity index (χ2v) is 6.22. The van der Waals surface area contributed by atoms with Gasteiger partial charge in [-0.05, 0) is 31.4 Å². The van der Waals surface area contributed by atoms with Crippen LogP contribution in [-0.4, -0.2) is 48.6 Å². The van der Waals surface area contributed by atoms with E-state index in [0.29, 0.717) is 12.1 Å². The van der Waals surface area contributed by atoms with Crippen LogP contribution in [0.15, 0.2) is 18.3 Å². The molecular weight excluding hydrogens is 248 g/mol. The van der Waals surface area contributed by atoms with Gasteiger partial charge in [-0.3, -0.25) is 4.90 Å². The van der Waals surface area contributed by atoms with E-state index in [-0.39, 0.29) is 0 Å². The van der Waals surface area contributed by atoms with Gasteiger partial charge < -0.3 is 10.2 Å². The molecule has 0 saturated carbocycles. The van der Waals surface area contributed by atoms with Gasteiger partial charge in [-0.15, -0.1) is 0 Å². The largest absolute Gasteiger partial charge is 0.360 e. The summed E-state index contributed by atoms with van der Waals surface area (Å²) < 4.78 is 0. The van der Waals surface area contributed by atoms with Gasteiger partial charge in [0.2, 0.25) is 0 Å². The van der Waals surface area contributed by atoms with Crippen molar-refractivity contribution in [2.75, 3.05) is 31.6 Å². The van der Waals surface area contributed by atoms with Crippen molar-refractivity contribution in [3.63, 3.8) is 0 Å². The van der Waals surface area contributed by atoms with E-state index in [1.807, 2.05) is 6.20 Å². The first-order valence-corrected chi connectivity index (χ1v) is 7.89. The summed E-state index contributed by atoms with van der Waals surface area (Å²) in [6.07, 6.45) is 6.12. The zero-order chi connectivity index (χ0) is 13.9. The molecule has 2 aliphatic rings. The fraction of sp³-hybridized carbons (Fsp3) is 0.688. The first-order chi connectivity index (χ1) is 9.74. The number of rotatable bonds is 4. The van der Waals surface area contributed by atoms with Gasteiger partial charge in [0.1, 0.15) is 5.82 Å². The standard InChI is InChI=1S/C16H26N4/c1-3-19(2)16-8-7-13(9-17-16)10-20-11-14-5-4-6-15(12-20)18-14/h7-9,14-15,18H,3-6,10-12H2,1-2H3. The molecule has 0 spiro atoms. The van der Waals surface area contributed by atoms with Gasteiger partial charge in [0.05, 0.1) is 0 Å². The fourth-order valence-electron chi connectivity index (χ4n) is 3.38. The minimum Gasteiger partial charge on any atom is -0.360 e. The monoisotopic (exact) mass is 274 g/mol. The van der Waals surface area contributed by atoms with E-state index in [9.17, 15) is 0 Å². The molecule has 4 nitrogen and oxygen atoms in total. The molecule has 0 amide bonds. The molecule has 2 unspecified atom stereocenters. The number of piperazine rings is 1. The molecule has 2 bridgehead atoms. The number of nitrogens with one attached hydrogen (secondary N) is 1. The highest BCUT2D eigenvalue weighted by molar-refractivity contribution is 5.37. The van der Waals surface area contributed by atoms with E-state index < -0.39 is 0 Å². The number of hydrogen-bond donors (Lipinski definition) is 1. The maximum absolute atomic E-state index is 4.57. The van der Waals surface area contributed by atoms with E-state index in [1.54, 1.807) is 0 Å². The minimum atomic E-state index is 0.709. The van der Waals surface area contributed by atoms with Crippen molar-refractivity contribution in [1.29, 1.82) is 0 Å². The third-order valence-electron chi connectivity index (χ3n) is 4.61. The third-order valence-corrected chi connectivity index (χ3v) is 4.61. The molecule has 4 heteroatoms. The second-order valence-electron chi connectivity index (χ2n) is 6.22. The Hall–Kier alpha value is -1.13. The van der Waals surface area contributed by atoms with Gasteiger partial charge in [-0.2, -0.15) is 0 Å². The highest BCUT2D eigenvalue weighted by Gasteiger charge is 2.29. The average molecular weight is 274 g/mol. The summed E-state index contributed by atoms with van der Waals surface area (Å²) in [6.45, 7) is 6.56. The van der Waals surface area contributed by atoms with Crippen LogP contribution in [0.5, 0.6) is 0 Å². The number of piperidine rings is 1. The van der Waals surface area contributed by atoms with Crippen LogP contribution in [0.1, 0.15) is 31.7 Å². The van der Waals surface area contributed by atoms with E-state index >= 15 is 0 Å². The highest BCUT2D eigenvalue weighted by atomic mass is 15.2. The number of hydrogen-bond acceptors (Lipinski definition) is 4. The molecule has 2 fully saturated rings. The maximum Gasteiger partial charge on any atom is 0.128 e. The number of fused-ring (bicyclic) bond motifs is 2. The molecule has 0 radical (unpaired) electrons. The lowest BCUT2D eigenvalue weighted by Crippen LogP contribution is -2.58.